The number of unbranched alkanes of at least 4 members (excludes halogenated alkanes) is 2. The van der Waals surface area contributed by atoms with Crippen molar-refractivity contribution in [3.63, 3.8) is 0 Å². The molecule has 0 nitrogen and oxygen atoms in total. The molecular weight excluding hydrogens is 671 g/mol. The maximum atomic E-state index is 8.83. The molecule has 44 heavy (non-hydrogen) atoms. The van der Waals surface area contributed by atoms with Crippen molar-refractivity contribution in [2.75, 3.05) is 0 Å². The van der Waals surface area contributed by atoms with Gasteiger partial charge in [0.05, 0.1) is 0 Å². The summed E-state index contributed by atoms with van der Waals surface area (Å²) in [5, 5.41) is 0. The SMILES string of the molecule is CCCC[Si](CCCC)=[Zr]([Cl])([Cl])([CH]1C(C)=Cc2c(-c3ccccc3)cccc21)[CH]1C(C)=Cc2c(-c3ccccc3)cccc21. The van der Waals surface area contributed by atoms with Crippen LogP contribution in [0.1, 0.15) is 82.9 Å². The molecule has 0 bridgehead atoms. The molecule has 0 saturated heterocycles. The first-order chi connectivity index (χ1) is 21.3. The molecule has 0 spiro atoms. The first-order valence-electron chi connectivity index (χ1n) is 16.4. The molecule has 2 aliphatic rings. The van der Waals surface area contributed by atoms with Crippen molar-refractivity contribution in [2.24, 2.45) is 0 Å². The predicted octanol–water partition coefficient (Wildman–Crippen LogP) is 13.2. The van der Waals surface area contributed by atoms with Gasteiger partial charge in [0.15, 0.2) is 0 Å². The van der Waals surface area contributed by atoms with Crippen LogP contribution < -0.4 is 0 Å². The van der Waals surface area contributed by atoms with Crippen LogP contribution >= 0.6 is 17.0 Å². The van der Waals surface area contributed by atoms with E-state index in [9.17, 15) is 0 Å². The third-order valence-corrected chi connectivity index (χ3v) is 54.1. The van der Waals surface area contributed by atoms with Crippen molar-refractivity contribution in [1.29, 1.82) is 0 Å². The zero-order valence-electron chi connectivity index (χ0n) is 26.5. The summed E-state index contributed by atoms with van der Waals surface area (Å²) in [5.41, 5.74) is 12.1. The summed E-state index contributed by atoms with van der Waals surface area (Å²) in [7, 11) is 17.7. The van der Waals surface area contributed by atoms with E-state index in [4.69, 9.17) is 17.0 Å². The van der Waals surface area contributed by atoms with Crippen LogP contribution in [0.15, 0.2) is 108 Å². The zero-order valence-corrected chi connectivity index (χ0v) is 31.5. The zero-order chi connectivity index (χ0) is 30.9. The normalized spacial score (nSPS) is 17.6. The summed E-state index contributed by atoms with van der Waals surface area (Å²) in [6.45, 7) is 9.28. The van der Waals surface area contributed by atoms with Crippen LogP contribution in [0.5, 0.6) is 0 Å². The number of halogens is 2. The molecule has 0 aliphatic heterocycles. The number of benzene rings is 4. The van der Waals surface area contributed by atoms with Crippen LogP contribution in [0.3, 0.4) is 0 Å². The quantitative estimate of drug-likeness (QED) is 0.144. The molecule has 226 valence electrons. The van der Waals surface area contributed by atoms with Gasteiger partial charge < -0.3 is 0 Å². The van der Waals surface area contributed by atoms with Crippen molar-refractivity contribution in [2.45, 2.75) is 72.7 Å². The fourth-order valence-corrected chi connectivity index (χ4v) is 54.9. The van der Waals surface area contributed by atoms with E-state index < -0.39 is 20.4 Å². The standard InChI is InChI=1S/2C16H13.C8H18Si.2ClH.Zr/c2*1-12-10-14-8-5-9-15(16(14)11-12)13-6-3-2-4-7-13;1-3-5-7-9-8-6-4-2;;;/h2*2-11H,1H3;3-8H2,1-2H3;2*1H;/q;;;;;+2/p-2. The topological polar surface area (TPSA) is 0 Å². The Hall–Kier alpha value is -1.96. The van der Waals surface area contributed by atoms with Gasteiger partial charge in [-0.1, -0.05) is 0 Å². The van der Waals surface area contributed by atoms with Crippen molar-refractivity contribution < 1.29 is 15.0 Å². The third-order valence-electron chi connectivity index (χ3n) is 10.1. The van der Waals surface area contributed by atoms with Crippen LogP contribution in [0.25, 0.3) is 34.4 Å². The van der Waals surface area contributed by atoms with E-state index >= 15 is 0 Å². The summed E-state index contributed by atoms with van der Waals surface area (Å²) in [4.78, 5) is 0. The van der Waals surface area contributed by atoms with Crippen LogP contribution in [-0.4, -0.2) is 5.43 Å². The number of hydrogen-bond donors (Lipinski definition) is 0. The molecule has 0 N–H and O–H groups in total. The second-order valence-corrected chi connectivity index (χ2v) is 49.8. The van der Waals surface area contributed by atoms with Gasteiger partial charge in [-0.2, -0.15) is 0 Å². The second-order valence-electron chi connectivity index (χ2n) is 13.0. The molecule has 0 fully saturated rings. The second kappa shape index (κ2) is 13.0. The third kappa shape index (κ3) is 5.43. The van der Waals surface area contributed by atoms with Crippen LogP contribution in [0, 0.1) is 0 Å². The average molecular weight is 715 g/mol. The van der Waals surface area contributed by atoms with E-state index in [2.05, 4.69) is 137 Å². The van der Waals surface area contributed by atoms with Gasteiger partial charge in [-0.3, -0.25) is 0 Å². The molecule has 0 radical (unpaired) electrons. The van der Waals surface area contributed by atoms with Crippen LogP contribution in [0.4, 0.5) is 0 Å². The number of allylic oxidation sites excluding steroid dienone is 2. The fraction of sp³-hybridized carbons (Fsp3) is 0.300. The van der Waals surface area contributed by atoms with Gasteiger partial charge >= 0.3 is 275 Å². The molecule has 2 unspecified atom stereocenters. The van der Waals surface area contributed by atoms with Crippen molar-refractivity contribution in [3.05, 3.63) is 130 Å². The Kier molecular flexibility index (Phi) is 9.48. The van der Waals surface area contributed by atoms with Gasteiger partial charge in [0.1, 0.15) is 0 Å². The van der Waals surface area contributed by atoms with Gasteiger partial charge in [-0.05, 0) is 0 Å². The summed E-state index contributed by atoms with van der Waals surface area (Å²) in [6.07, 6.45) is 9.66. The Bertz CT molecular complexity index is 1680. The molecule has 2 atom stereocenters. The summed E-state index contributed by atoms with van der Waals surface area (Å²) in [5.74, 6) is 0. The fourth-order valence-electron chi connectivity index (χ4n) is 8.21. The van der Waals surface area contributed by atoms with E-state index in [0.717, 1.165) is 0 Å². The van der Waals surface area contributed by atoms with Crippen molar-refractivity contribution in [1.82, 2.24) is 0 Å². The van der Waals surface area contributed by atoms with Crippen LogP contribution in [0.2, 0.25) is 12.1 Å². The number of hydrogen-bond acceptors (Lipinski definition) is 0. The van der Waals surface area contributed by atoms with E-state index in [-0.39, 0.29) is 7.25 Å². The molecule has 6 rings (SSSR count). The Morgan fingerprint density at radius 2 is 0.977 bits per heavy atom. The van der Waals surface area contributed by atoms with Gasteiger partial charge in [0.2, 0.25) is 0 Å². The summed E-state index contributed by atoms with van der Waals surface area (Å²) >= 11 is -4.89. The molecule has 0 saturated carbocycles. The minimum atomic E-state index is -4.89. The molecule has 4 aromatic rings. The predicted molar refractivity (Wildman–Crippen MR) is 193 cm³/mol. The number of rotatable bonds is 10. The van der Waals surface area contributed by atoms with Crippen LogP contribution in [-0.2, 0) is 15.0 Å². The van der Waals surface area contributed by atoms with Crippen molar-refractivity contribution in [3.8, 4) is 22.3 Å². The number of fused-ring (bicyclic) bond motifs is 2. The molecule has 0 heterocycles. The molecule has 0 aromatic heterocycles. The van der Waals surface area contributed by atoms with Gasteiger partial charge in [-0.25, -0.2) is 0 Å². The van der Waals surface area contributed by atoms with Gasteiger partial charge in [-0.15, -0.1) is 0 Å². The van der Waals surface area contributed by atoms with E-state index in [1.165, 1.54) is 93.4 Å². The average Bonchev–Trinajstić information content (AvgIpc) is 3.58. The Morgan fingerprint density at radius 3 is 1.36 bits per heavy atom. The first kappa shape index (κ1) is 32.0. The van der Waals surface area contributed by atoms with E-state index in [1.807, 2.05) is 0 Å². The molecule has 4 heteroatoms. The summed E-state index contributed by atoms with van der Waals surface area (Å²) in [6, 6.07) is 37.8. The Morgan fingerprint density at radius 1 is 0.568 bits per heavy atom. The maximum absolute atomic E-state index is 8.83. The first-order valence-corrected chi connectivity index (χ1v) is 31.2. The van der Waals surface area contributed by atoms with E-state index in [1.54, 1.807) is 0 Å². The monoisotopic (exact) mass is 712 g/mol. The molecule has 2 aliphatic carbocycles. The molecular formula is C40H44Cl2SiZr. The Labute approximate surface area is 273 Å². The molecule has 0 amide bonds. The van der Waals surface area contributed by atoms with E-state index in [0.29, 0.717) is 0 Å². The summed E-state index contributed by atoms with van der Waals surface area (Å²) < 4.78 is 0.224. The van der Waals surface area contributed by atoms with Crippen molar-refractivity contribution >= 4 is 34.6 Å². The Balaban J connectivity index is 1.65. The minimum absolute atomic E-state index is 0.112. The molecule has 4 aromatic carbocycles. The van der Waals surface area contributed by atoms with Gasteiger partial charge in [0, 0.05) is 0 Å². The van der Waals surface area contributed by atoms with Gasteiger partial charge in [0.25, 0.3) is 0 Å².